The molecule has 0 spiro atoms. The Hall–Kier alpha value is -0.870. The van der Waals surface area contributed by atoms with Crippen molar-refractivity contribution in [3.8, 4) is 0 Å². The van der Waals surface area contributed by atoms with Crippen molar-refractivity contribution >= 4 is 21.9 Å². The molecule has 0 saturated heterocycles. The van der Waals surface area contributed by atoms with Gasteiger partial charge >= 0.3 is 5.97 Å². The number of methoxy groups -OCH3 is 1. The first-order valence-electron chi connectivity index (χ1n) is 6.43. The molecule has 0 fully saturated rings. The van der Waals surface area contributed by atoms with Crippen molar-refractivity contribution in [1.82, 2.24) is 4.90 Å². The van der Waals surface area contributed by atoms with Crippen molar-refractivity contribution in [2.45, 2.75) is 33.4 Å². The zero-order valence-corrected chi connectivity index (χ0v) is 13.8. The van der Waals surface area contributed by atoms with Crippen LogP contribution in [0.2, 0.25) is 0 Å². The zero-order valence-electron chi connectivity index (χ0n) is 12.2. The predicted octanol–water partition coefficient (Wildman–Crippen LogP) is 3.71. The van der Waals surface area contributed by atoms with Gasteiger partial charge in [0, 0.05) is 17.1 Å². The third-order valence-electron chi connectivity index (χ3n) is 3.55. The van der Waals surface area contributed by atoms with Crippen LogP contribution in [0.25, 0.3) is 0 Å². The second-order valence-electron chi connectivity index (χ2n) is 5.20. The maximum Gasteiger partial charge on any atom is 0.337 e. The number of carbonyl (C=O) groups excluding carboxylic acids is 1. The molecule has 4 heteroatoms. The van der Waals surface area contributed by atoms with Gasteiger partial charge in [-0.1, -0.05) is 35.8 Å². The highest BCUT2D eigenvalue weighted by molar-refractivity contribution is 9.10. The van der Waals surface area contributed by atoms with E-state index in [1.807, 2.05) is 12.1 Å². The first-order chi connectivity index (χ1) is 8.86. The van der Waals surface area contributed by atoms with E-state index in [-0.39, 0.29) is 5.97 Å². The molecule has 0 bridgehead atoms. The molecule has 106 valence electrons. The van der Waals surface area contributed by atoms with Crippen LogP contribution in [0.1, 0.15) is 36.7 Å². The highest BCUT2D eigenvalue weighted by Gasteiger charge is 2.15. The lowest BCUT2D eigenvalue weighted by Crippen LogP contribution is -2.32. The summed E-state index contributed by atoms with van der Waals surface area (Å²) < 4.78 is 5.65. The van der Waals surface area contributed by atoms with Crippen LogP contribution >= 0.6 is 15.9 Å². The summed E-state index contributed by atoms with van der Waals surface area (Å²) in [5.74, 6) is 0.300. The fraction of sp³-hybridized carbons (Fsp3) is 0.533. The smallest absolute Gasteiger partial charge is 0.337 e. The van der Waals surface area contributed by atoms with Gasteiger partial charge in [-0.3, -0.25) is 4.90 Å². The van der Waals surface area contributed by atoms with Gasteiger partial charge in [0.05, 0.1) is 12.7 Å². The van der Waals surface area contributed by atoms with E-state index >= 15 is 0 Å². The van der Waals surface area contributed by atoms with Crippen LogP contribution in [0.5, 0.6) is 0 Å². The van der Waals surface area contributed by atoms with Crippen molar-refractivity contribution in [3.05, 3.63) is 33.8 Å². The summed E-state index contributed by atoms with van der Waals surface area (Å²) in [4.78, 5) is 13.8. The maximum absolute atomic E-state index is 11.4. The number of halogens is 1. The van der Waals surface area contributed by atoms with E-state index in [0.29, 0.717) is 17.5 Å². The van der Waals surface area contributed by atoms with E-state index < -0.39 is 0 Å². The monoisotopic (exact) mass is 327 g/mol. The van der Waals surface area contributed by atoms with Crippen LogP contribution < -0.4 is 0 Å². The van der Waals surface area contributed by atoms with Gasteiger partial charge in [0.15, 0.2) is 0 Å². The average molecular weight is 328 g/mol. The summed E-state index contributed by atoms with van der Waals surface area (Å²) in [6, 6.07) is 6.10. The normalized spacial score (nSPS) is 12.8. The molecule has 1 rings (SSSR count). The number of hydrogen-bond donors (Lipinski definition) is 0. The minimum atomic E-state index is -0.309. The number of esters is 1. The molecule has 0 aliphatic carbocycles. The third kappa shape index (κ3) is 4.32. The standard InChI is InChI=1S/C15H22BrNO2/c1-10(2)11(3)17(4)9-13-7-6-12(8-14(13)16)15(18)19-5/h6-8,10-11H,9H2,1-5H3. The van der Waals surface area contributed by atoms with E-state index in [0.717, 1.165) is 11.0 Å². The molecule has 0 radical (unpaired) electrons. The lowest BCUT2D eigenvalue weighted by atomic mass is 10.0. The van der Waals surface area contributed by atoms with Crippen LogP contribution in [-0.4, -0.2) is 31.1 Å². The molecule has 0 saturated carbocycles. The Labute approximate surface area is 124 Å². The number of hydrogen-bond acceptors (Lipinski definition) is 3. The second-order valence-corrected chi connectivity index (χ2v) is 6.05. The Morgan fingerprint density at radius 3 is 2.47 bits per heavy atom. The molecule has 3 nitrogen and oxygen atoms in total. The first-order valence-corrected chi connectivity index (χ1v) is 7.23. The Kier molecular flexibility index (Phi) is 6.01. The van der Waals surface area contributed by atoms with Crippen LogP contribution in [0, 0.1) is 5.92 Å². The SMILES string of the molecule is COC(=O)c1ccc(CN(C)C(C)C(C)C)c(Br)c1. The number of rotatable bonds is 5. The molecule has 0 amide bonds. The Morgan fingerprint density at radius 2 is 2.00 bits per heavy atom. The fourth-order valence-electron chi connectivity index (χ4n) is 1.84. The average Bonchev–Trinajstić information content (AvgIpc) is 2.38. The number of nitrogens with zero attached hydrogens (tertiary/aromatic N) is 1. The number of benzene rings is 1. The summed E-state index contributed by atoms with van der Waals surface area (Å²) in [5.41, 5.74) is 1.74. The predicted molar refractivity (Wildman–Crippen MR) is 81.2 cm³/mol. The van der Waals surface area contributed by atoms with Gasteiger partial charge in [-0.05, 0) is 37.6 Å². The molecule has 1 aromatic carbocycles. The highest BCUT2D eigenvalue weighted by atomic mass is 79.9. The van der Waals surface area contributed by atoms with Crippen molar-refractivity contribution in [2.75, 3.05) is 14.2 Å². The third-order valence-corrected chi connectivity index (χ3v) is 4.29. The minimum absolute atomic E-state index is 0.309. The lowest BCUT2D eigenvalue weighted by molar-refractivity contribution is 0.0600. The second kappa shape index (κ2) is 7.06. The highest BCUT2D eigenvalue weighted by Crippen LogP contribution is 2.22. The molecule has 0 aromatic heterocycles. The zero-order chi connectivity index (χ0) is 14.6. The Bertz CT molecular complexity index is 446. The van der Waals surface area contributed by atoms with E-state index in [1.54, 1.807) is 6.07 Å². The molecular formula is C15H22BrNO2. The van der Waals surface area contributed by atoms with Crippen molar-refractivity contribution in [2.24, 2.45) is 5.92 Å². The van der Waals surface area contributed by atoms with Crippen molar-refractivity contribution < 1.29 is 9.53 Å². The van der Waals surface area contributed by atoms with Gasteiger partial charge in [0.25, 0.3) is 0 Å². The Morgan fingerprint density at radius 1 is 1.37 bits per heavy atom. The lowest BCUT2D eigenvalue weighted by Gasteiger charge is -2.28. The summed E-state index contributed by atoms with van der Waals surface area (Å²) >= 11 is 3.52. The molecule has 0 aliphatic rings. The fourth-order valence-corrected chi connectivity index (χ4v) is 2.35. The van der Waals surface area contributed by atoms with Gasteiger partial charge in [-0.15, -0.1) is 0 Å². The molecule has 1 aromatic rings. The van der Waals surface area contributed by atoms with Gasteiger partial charge in [0.2, 0.25) is 0 Å². The maximum atomic E-state index is 11.4. The van der Waals surface area contributed by atoms with Crippen LogP contribution in [0.15, 0.2) is 22.7 Å². The topological polar surface area (TPSA) is 29.5 Å². The van der Waals surface area contributed by atoms with E-state index in [1.165, 1.54) is 12.7 Å². The number of carbonyl (C=O) groups is 1. The van der Waals surface area contributed by atoms with Crippen molar-refractivity contribution in [1.29, 1.82) is 0 Å². The molecule has 0 N–H and O–H groups in total. The summed E-state index contributed by atoms with van der Waals surface area (Å²) in [5, 5.41) is 0. The molecule has 0 aliphatic heterocycles. The molecule has 0 heterocycles. The molecule has 1 unspecified atom stereocenters. The van der Waals surface area contributed by atoms with E-state index in [2.05, 4.69) is 48.6 Å². The van der Waals surface area contributed by atoms with Gasteiger partial charge in [0.1, 0.15) is 0 Å². The summed E-state index contributed by atoms with van der Waals surface area (Å²) in [6.45, 7) is 7.51. The van der Waals surface area contributed by atoms with Crippen LogP contribution in [0.3, 0.4) is 0 Å². The van der Waals surface area contributed by atoms with E-state index in [4.69, 9.17) is 4.74 Å². The quantitative estimate of drug-likeness (QED) is 0.772. The van der Waals surface area contributed by atoms with Crippen LogP contribution in [0.4, 0.5) is 0 Å². The van der Waals surface area contributed by atoms with Gasteiger partial charge < -0.3 is 4.74 Å². The molecule has 1 atom stereocenters. The van der Waals surface area contributed by atoms with Crippen LogP contribution in [-0.2, 0) is 11.3 Å². The molecular weight excluding hydrogens is 306 g/mol. The molecule has 19 heavy (non-hydrogen) atoms. The van der Waals surface area contributed by atoms with Gasteiger partial charge in [-0.25, -0.2) is 4.79 Å². The van der Waals surface area contributed by atoms with E-state index in [9.17, 15) is 4.79 Å². The number of ether oxygens (including phenoxy) is 1. The van der Waals surface area contributed by atoms with Crippen molar-refractivity contribution in [3.63, 3.8) is 0 Å². The van der Waals surface area contributed by atoms with Gasteiger partial charge in [-0.2, -0.15) is 0 Å². The summed E-state index contributed by atoms with van der Waals surface area (Å²) in [7, 11) is 3.51. The first kappa shape index (κ1) is 16.2. The Balaban J connectivity index is 2.83. The summed E-state index contributed by atoms with van der Waals surface area (Å²) in [6.07, 6.45) is 0. The largest absolute Gasteiger partial charge is 0.465 e. The minimum Gasteiger partial charge on any atom is -0.465 e.